The summed E-state index contributed by atoms with van der Waals surface area (Å²) in [7, 11) is 0. The minimum Gasteiger partial charge on any atom is -0.454 e. The van der Waals surface area contributed by atoms with E-state index in [0.717, 1.165) is 69.4 Å². The predicted molar refractivity (Wildman–Crippen MR) is 119 cm³/mol. The lowest BCUT2D eigenvalue weighted by atomic mass is 9.86. The van der Waals surface area contributed by atoms with E-state index in [1.807, 2.05) is 18.2 Å². The molecular formula is C24H37N3O4. The number of amides is 1. The number of carbonyl (C=O) groups is 1. The maximum atomic E-state index is 12.6. The molecule has 172 valence electrons. The van der Waals surface area contributed by atoms with Crippen LogP contribution in [0.5, 0.6) is 11.5 Å². The second-order valence-electron chi connectivity index (χ2n) is 9.42. The van der Waals surface area contributed by atoms with Gasteiger partial charge in [0, 0.05) is 45.2 Å². The van der Waals surface area contributed by atoms with Gasteiger partial charge in [0.05, 0.1) is 13.2 Å². The van der Waals surface area contributed by atoms with E-state index in [-0.39, 0.29) is 12.7 Å². The number of hydrogen-bond acceptors (Lipinski definition) is 6. The lowest BCUT2D eigenvalue weighted by Gasteiger charge is -2.45. The molecule has 0 aliphatic carbocycles. The van der Waals surface area contributed by atoms with Crippen LogP contribution in [0.25, 0.3) is 0 Å². The van der Waals surface area contributed by atoms with Gasteiger partial charge in [-0.2, -0.15) is 0 Å². The van der Waals surface area contributed by atoms with Crippen LogP contribution in [-0.2, 0) is 16.1 Å². The lowest BCUT2D eigenvalue weighted by Crippen LogP contribution is -2.54. The number of hydrogen-bond donors (Lipinski definition) is 1. The molecule has 2 saturated heterocycles. The largest absolute Gasteiger partial charge is 0.454 e. The van der Waals surface area contributed by atoms with E-state index in [1.54, 1.807) is 0 Å². The molecule has 3 aliphatic heterocycles. The summed E-state index contributed by atoms with van der Waals surface area (Å²) in [6.45, 7) is 12.4. The summed E-state index contributed by atoms with van der Waals surface area (Å²) in [5.41, 5.74) is 1.03. The fourth-order valence-electron chi connectivity index (χ4n) is 5.11. The zero-order valence-electron chi connectivity index (χ0n) is 19.0. The predicted octanol–water partition coefficient (Wildman–Crippen LogP) is 2.49. The molecule has 1 N–H and O–H groups in total. The average molecular weight is 432 g/mol. The smallest absolute Gasteiger partial charge is 0.231 e. The Morgan fingerprint density at radius 2 is 1.97 bits per heavy atom. The molecule has 1 aromatic carbocycles. The first-order valence-electron chi connectivity index (χ1n) is 11.8. The average Bonchev–Trinajstić information content (AvgIpc) is 3.24. The number of nitrogens with one attached hydrogen (secondary N) is 1. The van der Waals surface area contributed by atoms with E-state index in [4.69, 9.17) is 14.2 Å². The number of nitrogens with zero attached hydrogens (tertiary/aromatic N) is 2. The fourth-order valence-corrected chi connectivity index (χ4v) is 5.11. The van der Waals surface area contributed by atoms with E-state index < -0.39 is 0 Å². The highest BCUT2D eigenvalue weighted by molar-refractivity contribution is 5.75. The van der Waals surface area contributed by atoms with Crippen LogP contribution < -0.4 is 14.8 Å². The zero-order valence-corrected chi connectivity index (χ0v) is 19.0. The van der Waals surface area contributed by atoms with Gasteiger partial charge in [0.25, 0.3) is 0 Å². The minimum atomic E-state index is 0.124. The molecular weight excluding hydrogens is 394 g/mol. The Morgan fingerprint density at radius 1 is 1.16 bits per heavy atom. The van der Waals surface area contributed by atoms with E-state index in [2.05, 4.69) is 29.0 Å². The topological polar surface area (TPSA) is 63.3 Å². The van der Waals surface area contributed by atoms with Crippen LogP contribution in [-0.4, -0.2) is 74.5 Å². The van der Waals surface area contributed by atoms with Crippen molar-refractivity contribution >= 4 is 5.91 Å². The Kier molecular flexibility index (Phi) is 7.69. The Bertz CT molecular complexity index is 736. The monoisotopic (exact) mass is 431 g/mol. The van der Waals surface area contributed by atoms with E-state index in [0.29, 0.717) is 30.8 Å². The molecule has 3 aliphatic rings. The quantitative estimate of drug-likeness (QED) is 0.682. The van der Waals surface area contributed by atoms with Crippen molar-refractivity contribution in [2.24, 2.45) is 11.8 Å². The van der Waals surface area contributed by atoms with Gasteiger partial charge in [0.2, 0.25) is 12.7 Å². The Labute approximate surface area is 186 Å². The van der Waals surface area contributed by atoms with Gasteiger partial charge in [0.15, 0.2) is 11.5 Å². The normalized spacial score (nSPS) is 24.5. The Balaban J connectivity index is 1.29. The molecule has 0 unspecified atom stereocenters. The van der Waals surface area contributed by atoms with Crippen molar-refractivity contribution in [1.82, 2.24) is 15.1 Å². The zero-order chi connectivity index (χ0) is 21.6. The van der Waals surface area contributed by atoms with Crippen LogP contribution in [0, 0.1) is 11.8 Å². The second-order valence-corrected chi connectivity index (χ2v) is 9.42. The first kappa shape index (κ1) is 22.4. The number of fused-ring (bicyclic) bond motifs is 1. The summed E-state index contributed by atoms with van der Waals surface area (Å²) >= 11 is 0. The van der Waals surface area contributed by atoms with Crippen LogP contribution >= 0.6 is 0 Å². The molecule has 0 saturated carbocycles. The molecule has 7 nitrogen and oxygen atoms in total. The number of benzene rings is 1. The third kappa shape index (κ3) is 6.11. The molecule has 0 radical (unpaired) electrons. The van der Waals surface area contributed by atoms with Crippen molar-refractivity contribution in [3.63, 3.8) is 0 Å². The number of piperidine rings is 1. The van der Waals surface area contributed by atoms with Gasteiger partial charge >= 0.3 is 0 Å². The summed E-state index contributed by atoms with van der Waals surface area (Å²) in [6, 6.07) is 6.39. The maximum absolute atomic E-state index is 12.6. The molecule has 4 rings (SSSR count). The molecule has 0 spiro atoms. The van der Waals surface area contributed by atoms with Crippen LogP contribution in [0.3, 0.4) is 0 Å². The van der Waals surface area contributed by atoms with Crippen LogP contribution in [0.15, 0.2) is 18.2 Å². The van der Waals surface area contributed by atoms with Crippen LogP contribution in [0.2, 0.25) is 0 Å². The minimum absolute atomic E-state index is 0.124. The van der Waals surface area contributed by atoms with Gasteiger partial charge < -0.3 is 24.4 Å². The molecule has 31 heavy (non-hydrogen) atoms. The van der Waals surface area contributed by atoms with Gasteiger partial charge in [-0.05, 0) is 48.9 Å². The standard InChI is InChI=1S/C24H37N3O4/c1-18(2)15-26-8-7-21(27-9-11-29-12-10-27)20(16-26)4-6-24(28)25-14-19-3-5-22-23(13-19)31-17-30-22/h3,5,13,18,20-21H,4,6-12,14-17H2,1-2H3,(H,25,28)/t20-,21+/m1/s1. The van der Waals surface area contributed by atoms with E-state index in [1.165, 1.54) is 6.42 Å². The third-order valence-electron chi connectivity index (χ3n) is 6.58. The van der Waals surface area contributed by atoms with Crippen LogP contribution in [0.1, 0.15) is 38.7 Å². The molecule has 0 bridgehead atoms. The summed E-state index contributed by atoms with van der Waals surface area (Å²) in [4.78, 5) is 17.8. The first-order chi connectivity index (χ1) is 15.1. The second kappa shape index (κ2) is 10.7. The molecule has 7 heteroatoms. The molecule has 1 amide bonds. The molecule has 3 heterocycles. The van der Waals surface area contributed by atoms with E-state index in [9.17, 15) is 4.79 Å². The molecule has 2 fully saturated rings. The first-order valence-corrected chi connectivity index (χ1v) is 11.8. The lowest BCUT2D eigenvalue weighted by molar-refractivity contribution is -0.121. The maximum Gasteiger partial charge on any atom is 0.231 e. The third-order valence-corrected chi connectivity index (χ3v) is 6.58. The number of rotatable bonds is 8. The molecule has 1 aromatic rings. The highest BCUT2D eigenvalue weighted by Crippen LogP contribution is 2.32. The summed E-state index contributed by atoms with van der Waals surface area (Å²) in [5.74, 6) is 2.85. The van der Waals surface area contributed by atoms with Crippen molar-refractivity contribution in [2.75, 3.05) is 52.7 Å². The van der Waals surface area contributed by atoms with Crippen molar-refractivity contribution in [3.8, 4) is 11.5 Å². The number of likely N-dealkylation sites (tertiary alicyclic amines) is 1. The Morgan fingerprint density at radius 3 is 2.77 bits per heavy atom. The van der Waals surface area contributed by atoms with Gasteiger partial charge in [-0.25, -0.2) is 0 Å². The van der Waals surface area contributed by atoms with Gasteiger partial charge in [-0.1, -0.05) is 19.9 Å². The summed E-state index contributed by atoms with van der Waals surface area (Å²) < 4.78 is 16.3. The molecule has 2 atom stereocenters. The van der Waals surface area contributed by atoms with Gasteiger partial charge in [0.1, 0.15) is 0 Å². The summed E-state index contributed by atoms with van der Waals surface area (Å²) in [5, 5.41) is 3.09. The number of morpholine rings is 1. The highest BCUT2D eigenvalue weighted by Gasteiger charge is 2.34. The SMILES string of the molecule is CC(C)CN1CC[C@H](N2CCOCC2)[C@H](CCC(=O)NCc2ccc3c(c2)OCO3)C1. The van der Waals surface area contributed by atoms with Gasteiger partial charge in [-0.15, -0.1) is 0 Å². The van der Waals surface area contributed by atoms with Crippen molar-refractivity contribution < 1.29 is 19.0 Å². The van der Waals surface area contributed by atoms with Crippen molar-refractivity contribution in [3.05, 3.63) is 23.8 Å². The highest BCUT2D eigenvalue weighted by atomic mass is 16.7. The van der Waals surface area contributed by atoms with Gasteiger partial charge in [-0.3, -0.25) is 9.69 Å². The van der Waals surface area contributed by atoms with Crippen LogP contribution in [0.4, 0.5) is 0 Å². The number of carbonyl (C=O) groups excluding carboxylic acids is 1. The Hall–Kier alpha value is -1.83. The van der Waals surface area contributed by atoms with E-state index >= 15 is 0 Å². The fraction of sp³-hybridized carbons (Fsp3) is 0.708. The number of ether oxygens (including phenoxy) is 3. The summed E-state index contributed by atoms with van der Waals surface area (Å²) in [6.07, 6.45) is 2.70. The van der Waals surface area contributed by atoms with Crippen molar-refractivity contribution in [1.29, 1.82) is 0 Å². The molecule has 0 aromatic heterocycles. The van der Waals surface area contributed by atoms with Crippen molar-refractivity contribution in [2.45, 2.75) is 45.7 Å².